The zero-order chi connectivity index (χ0) is 24.9. The van der Waals surface area contributed by atoms with Crippen LogP contribution >= 0.6 is 12.2 Å². The Morgan fingerprint density at radius 1 is 0.886 bits per heavy atom. The first-order valence-electron chi connectivity index (χ1n) is 11.0. The number of carbonyl (C=O) groups is 3. The Morgan fingerprint density at radius 3 is 2.17 bits per heavy atom. The van der Waals surface area contributed by atoms with Gasteiger partial charge in [-0.25, -0.2) is 4.90 Å². The standard InChI is InChI=1S/C26H23N3O5S/c1-3-33-18-13-16(14-19(15-18)34-4-2)23(30)28-26(35)27-21-12-8-11-20-22(21)25(32)29(24(20)31)17-9-6-5-7-10-17/h5-15H,3-4H2,1-2H3,(H2,27,28,30,35). The van der Waals surface area contributed by atoms with Crippen molar-refractivity contribution in [2.75, 3.05) is 23.4 Å². The number of benzene rings is 3. The first-order chi connectivity index (χ1) is 16.9. The van der Waals surface area contributed by atoms with Gasteiger partial charge in [-0.3, -0.25) is 19.7 Å². The van der Waals surface area contributed by atoms with Gasteiger partial charge in [-0.2, -0.15) is 0 Å². The maximum absolute atomic E-state index is 13.2. The fraction of sp³-hybridized carbons (Fsp3) is 0.154. The summed E-state index contributed by atoms with van der Waals surface area (Å²) in [6.45, 7) is 4.55. The van der Waals surface area contributed by atoms with Crippen LogP contribution in [-0.4, -0.2) is 36.0 Å². The molecular weight excluding hydrogens is 466 g/mol. The van der Waals surface area contributed by atoms with Gasteiger partial charge in [-0.1, -0.05) is 24.3 Å². The number of carbonyl (C=O) groups excluding carboxylic acids is 3. The van der Waals surface area contributed by atoms with Crippen LogP contribution < -0.4 is 25.0 Å². The minimum Gasteiger partial charge on any atom is -0.494 e. The van der Waals surface area contributed by atoms with Crippen LogP contribution in [0.15, 0.2) is 66.7 Å². The molecule has 0 saturated carbocycles. The fourth-order valence-corrected chi connectivity index (χ4v) is 3.94. The number of rotatable bonds is 7. The van der Waals surface area contributed by atoms with Gasteiger partial charge in [-0.05, 0) is 62.5 Å². The molecule has 0 aliphatic carbocycles. The van der Waals surface area contributed by atoms with Crippen molar-refractivity contribution < 1.29 is 23.9 Å². The highest BCUT2D eigenvalue weighted by molar-refractivity contribution is 7.80. The van der Waals surface area contributed by atoms with Gasteiger partial charge >= 0.3 is 0 Å². The summed E-state index contributed by atoms with van der Waals surface area (Å²) in [6, 6.07) is 18.4. The molecule has 9 heteroatoms. The lowest BCUT2D eigenvalue weighted by Crippen LogP contribution is -2.34. The molecule has 0 saturated heterocycles. The normalized spacial score (nSPS) is 12.2. The highest BCUT2D eigenvalue weighted by atomic mass is 32.1. The molecular formula is C26H23N3O5S. The summed E-state index contributed by atoms with van der Waals surface area (Å²) >= 11 is 5.33. The van der Waals surface area contributed by atoms with Gasteiger partial charge in [0.1, 0.15) is 11.5 Å². The van der Waals surface area contributed by atoms with Crippen LogP contribution in [-0.2, 0) is 0 Å². The predicted octanol–water partition coefficient (Wildman–Crippen LogP) is 4.41. The fourth-order valence-electron chi connectivity index (χ4n) is 3.73. The van der Waals surface area contributed by atoms with Crippen LogP contribution in [0.3, 0.4) is 0 Å². The van der Waals surface area contributed by atoms with Crippen LogP contribution in [0.5, 0.6) is 11.5 Å². The lowest BCUT2D eigenvalue weighted by molar-refractivity contribution is 0.0924. The Morgan fingerprint density at radius 2 is 1.54 bits per heavy atom. The van der Waals surface area contributed by atoms with E-state index in [0.29, 0.717) is 41.7 Å². The third-order valence-corrected chi connectivity index (χ3v) is 5.37. The molecule has 0 aromatic heterocycles. The Kier molecular flexibility index (Phi) is 7.07. The van der Waals surface area contributed by atoms with Crippen molar-refractivity contribution in [2.24, 2.45) is 0 Å². The van der Waals surface area contributed by atoms with Crippen LogP contribution in [0.25, 0.3) is 0 Å². The number of ether oxygens (including phenoxy) is 2. The average molecular weight is 490 g/mol. The molecule has 35 heavy (non-hydrogen) atoms. The summed E-state index contributed by atoms with van der Waals surface area (Å²) < 4.78 is 11.0. The molecule has 2 N–H and O–H groups in total. The first kappa shape index (κ1) is 23.9. The molecule has 1 aliphatic heterocycles. The molecule has 4 rings (SSSR count). The van der Waals surface area contributed by atoms with Crippen molar-refractivity contribution in [3.05, 3.63) is 83.4 Å². The third kappa shape index (κ3) is 4.99. The van der Waals surface area contributed by atoms with E-state index in [1.165, 1.54) is 0 Å². The molecule has 0 atom stereocenters. The molecule has 0 fully saturated rings. The largest absolute Gasteiger partial charge is 0.494 e. The van der Waals surface area contributed by atoms with Gasteiger partial charge in [0.05, 0.1) is 35.7 Å². The van der Waals surface area contributed by atoms with Crippen LogP contribution in [0.2, 0.25) is 0 Å². The van der Waals surface area contributed by atoms with E-state index in [2.05, 4.69) is 10.6 Å². The average Bonchev–Trinajstić information content (AvgIpc) is 3.10. The maximum Gasteiger partial charge on any atom is 0.268 e. The van der Waals surface area contributed by atoms with Gasteiger partial charge in [0.25, 0.3) is 17.7 Å². The summed E-state index contributed by atoms with van der Waals surface area (Å²) in [7, 11) is 0. The molecule has 0 spiro atoms. The van der Waals surface area contributed by atoms with Crippen molar-refractivity contribution in [3.63, 3.8) is 0 Å². The Labute approximate surface area is 207 Å². The lowest BCUT2D eigenvalue weighted by atomic mass is 10.1. The molecule has 178 valence electrons. The monoisotopic (exact) mass is 489 g/mol. The molecule has 0 unspecified atom stereocenters. The smallest absolute Gasteiger partial charge is 0.268 e. The van der Waals surface area contributed by atoms with Gasteiger partial charge in [-0.15, -0.1) is 0 Å². The predicted molar refractivity (Wildman–Crippen MR) is 136 cm³/mol. The van der Waals surface area contributed by atoms with Gasteiger partial charge < -0.3 is 14.8 Å². The minimum atomic E-state index is -0.481. The van der Waals surface area contributed by atoms with Crippen molar-refractivity contribution in [1.29, 1.82) is 0 Å². The number of hydrogen-bond donors (Lipinski definition) is 2. The summed E-state index contributed by atoms with van der Waals surface area (Å²) in [4.78, 5) is 40.1. The maximum atomic E-state index is 13.2. The van der Waals surface area contributed by atoms with E-state index in [1.54, 1.807) is 66.7 Å². The zero-order valence-corrected chi connectivity index (χ0v) is 20.0. The Bertz CT molecular complexity index is 1290. The second kappa shape index (κ2) is 10.4. The van der Waals surface area contributed by atoms with E-state index >= 15 is 0 Å². The van der Waals surface area contributed by atoms with Crippen molar-refractivity contribution in [1.82, 2.24) is 5.32 Å². The number of fused-ring (bicyclic) bond motifs is 1. The molecule has 1 aliphatic rings. The van der Waals surface area contributed by atoms with Crippen LogP contribution in [0, 0.1) is 0 Å². The van der Waals surface area contributed by atoms with E-state index in [0.717, 1.165) is 4.90 Å². The van der Waals surface area contributed by atoms with Crippen molar-refractivity contribution in [3.8, 4) is 11.5 Å². The van der Waals surface area contributed by atoms with Crippen LogP contribution in [0.4, 0.5) is 11.4 Å². The summed E-state index contributed by atoms with van der Waals surface area (Å²) in [5.41, 5.74) is 1.53. The molecule has 8 nitrogen and oxygen atoms in total. The third-order valence-electron chi connectivity index (χ3n) is 5.17. The number of amides is 3. The van der Waals surface area contributed by atoms with Crippen molar-refractivity contribution in [2.45, 2.75) is 13.8 Å². The number of imide groups is 1. The molecule has 3 aromatic rings. The minimum absolute atomic E-state index is 0.0263. The SMILES string of the molecule is CCOc1cc(OCC)cc(C(=O)NC(=S)Nc2cccc3c2C(=O)N(c2ccccc2)C3=O)c1. The second-order valence-corrected chi connectivity index (χ2v) is 7.89. The molecule has 3 amide bonds. The molecule has 3 aromatic carbocycles. The van der Waals surface area contributed by atoms with Crippen molar-refractivity contribution >= 4 is 46.4 Å². The molecule has 0 bridgehead atoms. The highest BCUT2D eigenvalue weighted by Crippen LogP contribution is 2.32. The van der Waals surface area contributed by atoms with E-state index < -0.39 is 17.7 Å². The van der Waals surface area contributed by atoms with E-state index in [-0.39, 0.29) is 16.2 Å². The quantitative estimate of drug-likeness (QED) is 0.375. The van der Waals surface area contributed by atoms with Gasteiger partial charge in [0.15, 0.2) is 5.11 Å². The van der Waals surface area contributed by atoms with Gasteiger partial charge in [0, 0.05) is 11.6 Å². The summed E-state index contributed by atoms with van der Waals surface area (Å²) in [5, 5.41) is 5.46. The number of thiocarbonyl (C=S) groups is 1. The van der Waals surface area contributed by atoms with E-state index in [1.807, 2.05) is 13.8 Å². The number of para-hydroxylation sites is 1. The highest BCUT2D eigenvalue weighted by Gasteiger charge is 2.38. The topological polar surface area (TPSA) is 97.0 Å². The number of hydrogen-bond acceptors (Lipinski definition) is 6. The molecule has 1 heterocycles. The summed E-state index contributed by atoms with van der Waals surface area (Å²) in [5.74, 6) is -0.391. The Hall–Kier alpha value is -4.24. The lowest BCUT2D eigenvalue weighted by Gasteiger charge is -2.15. The second-order valence-electron chi connectivity index (χ2n) is 7.48. The number of nitrogens with one attached hydrogen (secondary N) is 2. The van der Waals surface area contributed by atoms with E-state index in [4.69, 9.17) is 21.7 Å². The zero-order valence-electron chi connectivity index (χ0n) is 19.2. The number of nitrogens with zero attached hydrogens (tertiary/aromatic N) is 1. The van der Waals surface area contributed by atoms with E-state index in [9.17, 15) is 14.4 Å². The molecule has 0 radical (unpaired) electrons. The number of anilines is 2. The van der Waals surface area contributed by atoms with Crippen LogP contribution in [0.1, 0.15) is 44.9 Å². The summed E-state index contributed by atoms with van der Waals surface area (Å²) in [6.07, 6.45) is 0. The van der Waals surface area contributed by atoms with Gasteiger partial charge in [0.2, 0.25) is 0 Å². The Balaban J connectivity index is 1.54. The first-order valence-corrected chi connectivity index (χ1v) is 11.4.